The number of benzene rings is 1. The van der Waals surface area contributed by atoms with Crippen LogP contribution in [0.15, 0.2) is 22.7 Å². The van der Waals surface area contributed by atoms with Gasteiger partial charge in [-0.3, -0.25) is 9.59 Å². The molecule has 1 aromatic carbocycles. The van der Waals surface area contributed by atoms with E-state index in [0.29, 0.717) is 6.54 Å². The van der Waals surface area contributed by atoms with E-state index in [0.717, 1.165) is 0 Å². The van der Waals surface area contributed by atoms with Gasteiger partial charge in [-0.2, -0.15) is 0 Å². The first-order valence-corrected chi connectivity index (χ1v) is 8.63. The fourth-order valence-corrected chi connectivity index (χ4v) is 2.80. The zero-order valence-corrected chi connectivity index (χ0v) is 15.9. The van der Waals surface area contributed by atoms with Gasteiger partial charge in [0.05, 0.1) is 17.1 Å². The molecule has 0 aliphatic heterocycles. The molecule has 0 bridgehead atoms. The van der Waals surface area contributed by atoms with Crippen molar-refractivity contribution < 1.29 is 18.5 Å². The predicted molar refractivity (Wildman–Crippen MR) is 96.5 cm³/mol. The summed E-state index contributed by atoms with van der Waals surface area (Å²) in [6.45, 7) is 7.14. The summed E-state index contributed by atoms with van der Waals surface area (Å²) in [5.74, 6) is -1.14. The third kappa shape index (κ3) is 4.22. The fraction of sp³-hybridized carbons (Fsp3) is 0.389. The lowest BCUT2D eigenvalue weighted by Gasteiger charge is -2.21. The van der Waals surface area contributed by atoms with E-state index in [1.54, 1.807) is 13.8 Å². The van der Waals surface area contributed by atoms with Gasteiger partial charge >= 0.3 is 0 Å². The third-order valence-corrected chi connectivity index (χ3v) is 4.04. The van der Waals surface area contributed by atoms with E-state index in [4.69, 9.17) is 16.1 Å². The van der Waals surface area contributed by atoms with Crippen LogP contribution in [0.2, 0.25) is 5.02 Å². The number of likely N-dealkylation sites (N-methyl/N-ethyl adjacent to an activating group) is 1. The molecule has 0 saturated carbocycles. The highest BCUT2D eigenvalue weighted by Gasteiger charge is 2.29. The topological polar surface area (TPSA) is 75.4 Å². The molecule has 1 heterocycles. The lowest BCUT2D eigenvalue weighted by atomic mass is 10.0. The molecule has 2 rings (SSSR count). The molecule has 1 aromatic heterocycles. The summed E-state index contributed by atoms with van der Waals surface area (Å²) < 4.78 is 19.4. The summed E-state index contributed by atoms with van der Waals surface area (Å²) in [5.41, 5.74) is 0.117. The summed E-state index contributed by atoms with van der Waals surface area (Å²) in [7, 11) is 0. The summed E-state index contributed by atoms with van der Waals surface area (Å²) in [4.78, 5) is 26.3. The van der Waals surface area contributed by atoms with Crippen molar-refractivity contribution >= 4 is 23.4 Å². The smallest absolute Gasteiger partial charge is 0.260 e. The molecule has 0 spiro atoms. The Morgan fingerprint density at radius 3 is 2.65 bits per heavy atom. The first kappa shape index (κ1) is 19.9. The molecule has 0 unspecified atom stereocenters. The number of rotatable bonds is 6. The standard InChI is InChI=1S/C18H21ClFN3O3/c1-5-23(9-14(24)21-10(2)3)18(25)15-11(4)26-22-17(15)16-12(19)7-6-8-13(16)20/h6-8,10H,5,9H2,1-4H3,(H,21,24). The van der Waals surface area contributed by atoms with Crippen LogP contribution in [0, 0.1) is 12.7 Å². The molecule has 0 aliphatic rings. The van der Waals surface area contributed by atoms with Crippen molar-refractivity contribution in [2.24, 2.45) is 0 Å². The SMILES string of the molecule is CCN(CC(=O)NC(C)C)C(=O)c1c(-c2c(F)cccc2Cl)noc1C. The molecule has 140 valence electrons. The maximum Gasteiger partial charge on any atom is 0.260 e. The van der Waals surface area contributed by atoms with Crippen molar-refractivity contribution in [3.8, 4) is 11.3 Å². The maximum atomic E-state index is 14.3. The van der Waals surface area contributed by atoms with Crippen LogP contribution in [0.25, 0.3) is 11.3 Å². The lowest BCUT2D eigenvalue weighted by molar-refractivity contribution is -0.122. The number of hydrogen-bond donors (Lipinski definition) is 1. The molecule has 2 aromatic rings. The first-order valence-electron chi connectivity index (χ1n) is 8.25. The van der Waals surface area contributed by atoms with Crippen LogP contribution in [0.4, 0.5) is 4.39 Å². The molecule has 26 heavy (non-hydrogen) atoms. The number of carbonyl (C=O) groups is 2. The largest absolute Gasteiger partial charge is 0.360 e. The Kier molecular flexibility index (Phi) is 6.37. The Morgan fingerprint density at radius 2 is 2.08 bits per heavy atom. The molecular formula is C18H21ClFN3O3. The van der Waals surface area contributed by atoms with Gasteiger partial charge in [-0.25, -0.2) is 4.39 Å². The van der Waals surface area contributed by atoms with Crippen LogP contribution >= 0.6 is 11.6 Å². The number of nitrogens with one attached hydrogen (secondary N) is 1. The molecule has 0 atom stereocenters. The van der Waals surface area contributed by atoms with Gasteiger partial charge in [0.25, 0.3) is 5.91 Å². The van der Waals surface area contributed by atoms with Crippen LogP contribution in [0.5, 0.6) is 0 Å². The quantitative estimate of drug-likeness (QED) is 0.831. The number of aromatic nitrogens is 1. The molecule has 6 nitrogen and oxygen atoms in total. The van der Waals surface area contributed by atoms with Gasteiger partial charge in [0.15, 0.2) is 0 Å². The van der Waals surface area contributed by atoms with Crippen molar-refractivity contribution in [1.29, 1.82) is 0 Å². The van der Waals surface area contributed by atoms with Gasteiger partial charge in [0.2, 0.25) is 5.91 Å². The van der Waals surface area contributed by atoms with E-state index in [9.17, 15) is 14.0 Å². The van der Waals surface area contributed by atoms with Crippen LogP contribution in [0.3, 0.4) is 0 Å². The highest BCUT2D eigenvalue weighted by atomic mass is 35.5. The van der Waals surface area contributed by atoms with Gasteiger partial charge in [0.1, 0.15) is 22.8 Å². The average Bonchev–Trinajstić information content (AvgIpc) is 2.92. The third-order valence-electron chi connectivity index (χ3n) is 3.73. The summed E-state index contributed by atoms with van der Waals surface area (Å²) in [6, 6.07) is 4.16. The van der Waals surface area contributed by atoms with Crippen molar-refractivity contribution in [3.63, 3.8) is 0 Å². The minimum atomic E-state index is -0.611. The van der Waals surface area contributed by atoms with E-state index in [1.807, 2.05) is 13.8 Å². The van der Waals surface area contributed by atoms with Gasteiger partial charge in [-0.15, -0.1) is 0 Å². The van der Waals surface area contributed by atoms with E-state index in [2.05, 4.69) is 10.5 Å². The van der Waals surface area contributed by atoms with Crippen molar-refractivity contribution in [2.45, 2.75) is 33.7 Å². The molecule has 8 heteroatoms. The van der Waals surface area contributed by atoms with E-state index in [1.165, 1.54) is 23.1 Å². The maximum absolute atomic E-state index is 14.3. The Balaban J connectivity index is 2.40. The molecule has 0 saturated heterocycles. The second-order valence-corrected chi connectivity index (χ2v) is 6.51. The number of amides is 2. The lowest BCUT2D eigenvalue weighted by Crippen LogP contribution is -2.42. The van der Waals surface area contributed by atoms with Crippen molar-refractivity contribution in [2.75, 3.05) is 13.1 Å². The summed E-state index contributed by atoms with van der Waals surface area (Å²) in [5, 5.41) is 6.68. The van der Waals surface area contributed by atoms with Crippen LogP contribution in [-0.4, -0.2) is 41.0 Å². The Labute approximate surface area is 156 Å². The van der Waals surface area contributed by atoms with Crippen LogP contribution in [0.1, 0.15) is 36.9 Å². The predicted octanol–water partition coefficient (Wildman–Crippen LogP) is 3.43. The second-order valence-electron chi connectivity index (χ2n) is 6.10. The average molecular weight is 382 g/mol. The Bertz CT molecular complexity index is 800. The van der Waals surface area contributed by atoms with Crippen molar-refractivity contribution in [3.05, 3.63) is 40.4 Å². The van der Waals surface area contributed by atoms with E-state index < -0.39 is 11.7 Å². The minimum Gasteiger partial charge on any atom is -0.360 e. The number of carbonyl (C=O) groups excluding carboxylic acids is 2. The monoisotopic (exact) mass is 381 g/mol. The minimum absolute atomic E-state index is 0.00273. The zero-order chi connectivity index (χ0) is 19.4. The second kappa shape index (κ2) is 8.31. The zero-order valence-electron chi connectivity index (χ0n) is 15.1. The highest BCUT2D eigenvalue weighted by molar-refractivity contribution is 6.33. The van der Waals surface area contributed by atoms with Gasteiger partial charge < -0.3 is 14.7 Å². The Morgan fingerprint density at radius 1 is 1.38 bits per heavy atom. The number of nitrogens with zero attached hydrogens (tertiary/aromatic N) is 2. The normalized spacial score (nSPS) is 10.9. The van der Waals surface area contributed by atoms with Crippen molar-refractivity contribution in [1.82, 2.24) is 15.4 Å². The fourth-order valence-electron chi connectivity index (χ4n) is 2.54. The molecule has 2 amide bonds. The van der Waals surface area contributed by atoms with Gasteiger partial charge in [-0.05, 0) is 39.8 Å². The number of halogens is 2. The molecular weight excluding hydrogens is 361 g/mol. The molecule has 1 N–H and O–H groups in total. The van der Waals surface area contributed by atoms with Crippen LogP contribution < -0.4 is 5.32 Å². The van der Waals surface area contributed by atoms with E-state index in [-0.39, 0.29) is 46.1 Å². The van der Waals surface area contributed by atoms with Crippen LogP contribution in [-0.2, 0) is 4.79 Å². The van der Waals surface area contributed by atoms with Gasteiger partial charge in [0, 0.05) is 12.6 Å². The molecule has 0 radical (unpaired) electrons. The highest BCUT2D eigenvalue weighted by Crippen LogP contribution is 2.33. The Hall–Kier alpha value is -2.41. The number of aryl methyl sites for hydroxylation is 1. The summed E-state index contributed by atoms with van der Waals surface area (Å²) >= 11 is 6.09. The van der Waals surface area contributed by atoms with Gasteiger partial charge in [-0.1, -0.05) is 22.8 Å². The molecule has 0 fully saturated rings. The first-order chi connectivity index (χ1) is 12.3. The van der Waals surface area contributed by atoms with E-state index >= 15 is 0 Å². The summed E-state index contributed by atoms with van der Waals surface area (Å²) in [6.07, 6.45) is 0. The number of hydrogen-bond acceptors (Lipinski definition) is 4. The molecule has 0 aliphatic carbocycles.